The molecule has 3 nitrogen and oxygen atoms in total. The Kier molecular flexibility index (Phi) is 5.31. The molecule has 0 saturated carbocycles. The average Bonchev–Trinajstić information content (AvgIpc) is 3.16. The molecule has 0 saturated heterocycles. The summed E-state index contributed by atoms with van der Waals surface area (Å²) in [6.07, 6.45) is 6.86. The fourth-order valence-electron chi connectivity index (χ4n) is 2.54. The van der Waals surface area contributed by atoms with Crippen molar-refractivity contribution in [2.75, 3.05) is 6.54 Å². The summed E-state index contributed by atoms with van der Waals surface area (Å²) in [4.78, 5) is 15.7. The summed E-state index contributed by atoms with van der Waals surface area (Å²) < 4.78 is 13.1. The number of allylic oxidation sites excluding steroid dienone is 1. The third kappa shape index (κ3) is 4.08. The summed E-state index contributed by atoms with van der Waals surface area (Å²) in [6, 6.07) is 18.9. The van der Waals surface area contributed by atoms with Crippen molar-refractivity contribution < 1.29 is 9.18 Å². The van der Waals surface area contributed by atoms with E-state index in [9.17, 15) is 9.18 Å². The van der Waals surface area contributed by atoms with Crippen LogP contribution in [-0.2, 0) is 0 Å². The highest BCUT2D eigenvalue weighted by atomic mass is 19.1. The SMILES string of the molecule is C#CCN/C(=C\C(=O)c1ccccc1)c1ccc(-c2ccc(F)cc2)[nH]1. The van der Waals surface area contributed by atoms with Gasteiger partial charge in [0.15, 0.2) is 5.78 Å². The molecule has 3 aromatic rings. The van der Waals surface area contributed by atoms with Gasteiger partial charge in [0.05, 0.1) is 17.9 Å². The lowest BCUT2D eigenvalue weighted by atomic mass is 10.1. The zero-order chi connectivity index (χ0) is 18.4. The molecule has 0 aliphatic carbocycles. The number of hydrogen-bond donors (Lipinski definition) is 2. The van der Waals surface area contributed by atoms with Gasteiger partial charge in [-0.2, -0.15) is 0 Å². The minimum atomic E-state index is -0.287. The van der Waals surface area contributed by atoms with E-state index < -0.39 is 0 Å². The van der Waals surface area contributed by atoms with Crippen LogP contribution in [-0.4, -0.2) is 17.3 Å². The quantitative estimate of drug-likeness (QED) is 0.398. The van der Waals surface area contributed by atoms with E-state index in [1.165, 1.54) is 18.2 Å². The molecule has 0 atom stereocenters. The third-order valence-corrected chi connectivity index (χ3v) is 3.85. The molecule has 2 aromatic carbocycles. The summed E-state index contributed by atoms with van der Waals surface area (Å²) in [5.41, 5.74) is 3.59. The lowest BCUT2D eigenvalue weighted by Crippen LogP contribution is -2.14. The maximum atomic E-state index is 13.1. The molecule has 0 bridgehead atoms. The number of benzene rings is 2. The van der Waals surface area contributed by atoms with Crippen molar-refractivity contribution in [3.8, 4) is 23.6 Å². The number of ketones is 1. The maximum absolute atomic E-state index is 13.1. The lowest BCUT2D eigenvalue weighted by Gasteiger charge is -2.07. The smallest absolute Gasteiger partial charge is 0.187 e. The number of hydrogen-bond acceptors (Lipinski definition) is 2. The van der Waals surface area contributed by atoms with E-state index in [4.69, 9.17) is 6.42 Å². The molecule has 1 aromatic heterocycles. The largest absolute Gasteiger partial charge is 0.372 e. The van der Waals surface area contributed by atoms with Crippen LogP contribution in [0.4, 0.5) is 4.39 Å². The van der Waals surface area contributed by atoms with Crippen molar-refractivity contribution >= 4 is 11.5 Å². The van der Waals surface area contributed by atoms with Crippen molar-refractivity contribution in [2.45, 2.75) is 0 Å². The van der Waals surface area contributed by atoms with E-state index in [2.05, 4.69) is 16.2 Å². The van der Waals surface area contributed by atoms with Gasteiger partial charge in [-0.3, -0.25) is 4.79 Å². The van der Waals surface area contributed by atoms with Gasteiger partial charge in [-0.25, -0.2) is 4.39 Å². The Bertz CT molecular complexity index is 963. The number of carbonyl (C=O) groups excluding carboxylic acids is 1. The predicted octanol–water partition coefficient (Wildman–Crippen LogP) is 4.27. The molecule has 0 fully saturated rings. The molecular formula is C22H17FN2O. The fourth-order valence-corrected chi connectivity index (χ4v) is 2.54. The molecule has 0 spiro atoms. The first kappa shape index (κ1) is 17.2. The number of terminal acetylenes is 1. The van der Waals surface area contributed by atoms with Crippen LogP contribution in [0.5, 0.6) is 0 Å². The van der Waals surface area contributed by atoms with Gasteiger partial charge < -0.3 is 10.3 Å². The Hall–Kier alpha value is -3.58. The summed E-state index contributed by atoms with van der Waals surface area (Å²) in [5, 5.41) is 3.07. The second-order valence-electron chi connectivity index (χ2n) is 5.64. The van der Waals surface area contributed by atoms with Gasteiger partial charge >= 0.3 is 0 Å². The Morgan fingerprint density at radius 2 is 1.81 bits per heavy atom. The van der Waals surface area contributed by atoms with Crippen molar-refractivity contribution in [3.05, 3.63) is 89.9 Å². The molecular weight excluding hydrogens is 327 g/mol. The standard InChI is InChI=1S/C22H17FN2O/c1-2-14-24-21(15-22(26)17-6-4-3-5-7-17)20-13-12-19(25-20)16-8-10-18(23)11-9-16/h1,3-13,15,24-25H,14H2/b21-15-. The van der Waals surface area contributed by atoms with E-state index in [0.717, 1.165) is 17.0 Å². The van der Waals surface area contributed by atoms with Crippen molar-refractivity contribution in [3.63, 3.8) is 0 Å². The summed E-state index contributed by atoms with van der Waals surface area (Å²) in [6.45, 7) is 0.290. The van der Waals surface area contributed by atoms with E-state index >= 15 is 0 Å². The van der Waals surface area contributed by atoms with Crippen LogP contribution in [0.1, 0.15) is 16.1 Å². The zero-order valence-corrected chi connectivity index (χ0v) is 14.0. The number of aromatic amines is 1. The van der Waals surface area contributed by atoms with Crippen LogP contribution < -0.4 is 5.32 Å². The highest BCUT2D eigenvalue weighted by Crippen LogP contribution is 2.22. The molecule has 0 amide bonds. The number of carbonyl (C=O) groups is 1. The number of halogens is 1. The molecule has 26 heavy (non-hydrogen) atoms. The average molecular weight is 344 g/mol. The van der Waals surface area contributed by atoms with E-state index in [1.54, 1.807) is 24.3 Å². The van der Waals surface area contributed by atoms with Crippen molar-refractivity contribution in [1.82, 2.24) is 10.3 Å². The highest BCUT2D eigenvalue weighted by molar-refractivity contribution is 6.08. The first-order valence-corrected chi connectivity index (χ1v) is 8.11. The molecule has 0 aliphatic rings. The van der Waals surface area contributed by atoms with E-state index in [0.29, 0.717) is 17.8 Å². The molecule has 3 rings (SSSR count). The van der Waals surface area contributed by atoms with Crippen molar-refractivity contribution in [2.24, 2.45) is 0 Å². The number of aromatic nitrogens is 1. The molecule has 4 heteroatoms. The van der Waals surface area contributed by atoms with Gasteiger partial charge in [0.2, 0.25) is 0 Å². The van der Waals surface area contributed by atoms with E-state index in [-0.39, 0.29) is 11.6 Å². The third-order valence-electron chi connectivity index (χ3n) is 3.85. The Morgan fingerprint density at radius 3 is 2.50 bits per heavy atom. The molecule has 0 radical (unpaired) electrons. The molecule has 128 valence electrons. The van der Waals surface area contributed by atoms with Gasteiger partial charge in [0.25, 0.3) is 0 Å². The second-order valence-corrected chi connectivity index (χ2v) is 5.64. The van der Waals surface area contributed by atoms with Crippen LogP contribution >= 0.6 is 0 Å². The molecule has 2 N–H and O–H groups in total. The Balaban J connectivity index is 1.91. The van der Waals surface area contributed by atoms with Gasteiger partial charge in [-0.15, -0.1) is 6.42 Å². The summed E-state index contributed by atoms with van der Waals surface area (Å²) in [7, 11) is 0. The maximum Gasteiger partial charge on any atom is 0.187 e. The minimum Gasteiger partial charge on any atom is -0.372 e. The lowest BCUT2D eigenvalue weighted by molar-refractivity contribution is 0.104. The number of H-pyrrole nitrogens is 1. The predicted molar refractivity (Wildman–Crippen MR) is 102 cm³/mol. The second kappa shape index (κ2) is 8.00. The monoisotopic (exact) mass is 344 g/mol. The summed E-state index contributed by atoms with van der Waals surface area (Å²) in [5.74, 6) is 2.10. The van der Waals surface area contributed by atoms with Gasteiger partial charge in [0.1, 0.15) is 5.82 Å². The van der Waals surface area contributed by atoms with Crippen molar-refractivity contribution in [1.29, 1.82) is 0 Å². The molecule has 0 aliphatic heterocycles. The fraction of sp³-hybridized carbons (Fsp3) is 0.0455. The topological polar surface area (TPSA) is 44.9 Å². The molecule has 1 heterocycles. The van der Waals surface area contributed by atoms with Crippen LogP contribution in [0, 0.1) is 18.2 Å². The van der Waals surface area contributed by atoms with Gasteiger partial charge in [-0.1, -0.05) is 36.3 Å². The normalized spacial score (nSPS) is 11.0. The Labute approximate surface area is 151 Å². The number of rotatable bonds is 6. The minimum absolute atomic E-state index is 0.122. The Morgan fingerprint density at radius 1 is 1.08 bits per heavy atom. The van der Waals surface area contributed by atoms with Crippen LogP contribution in [0.3, 0.4) is 0 Å². The van der Waals surface area contributed by atoms with Crippen LogP contribution in [0.25, 0.3) is 17.0 Å². The van der Waals surface area contributed by atoms with Crippen LogP contribution in [0.15, 0.2) is 72.8 Å². The van der Waals surface area contributed by atoms with Gasteiger partial charge in [-0.05, 0) is 42.0 Å². The molecule has 0 unspecified atom stereocenters. The zero-order valence-electron chi connectivity index (χ0n) is 14.0. The highest BCUT2D eigenvalue weighted by Gasteiger charge is 2.09. The first-order chi connectivity index (χ1) is 12.7. The van der Waals surface area contributed by atoms with Crippen LogP contribution in [0.2, 0.25) is 0 Å². The number of nitrogens with one attached hydrogen (secondary N) is 2. The van der Waals surface area contributed by atoms with E-state index in [1.807, 2.05) is 30.3 Å². The summed E-state index contributed by atoms with van der Waals surface area (Å²) >= 11 is 0. The van der Waals surface area contributed by atoms with Gasteiger partial charge in [0, 0.05) is 17.3 Å². The first-order valence-electron chi connectivity index (χ1n) is 8.11.